The van der Waals surface area contributed by atoms with Crippen LogP contribution in [0, 0.1) is 6.92 Å². The first-order valence-corrected chi connectivity index (χ1v) is 11.9. The van der Waals surface area contributed by atoms with Crippen molar-refractivity contribution in [2.24, 2.45) is 0 Å². The summed E-state index contributed by atoms with van der Waals surface area (Å²) in [6.07, 6.45) is 3.54. The summed E-state index contributed by atoms with van der Waals surface area (Å²) in [5.41, 5.74) is 3.49. The minimum atomic E-state index is -0.555. The maximum absolute atomic E-state index is 13.6. The van der Waals surface area contributed by atoms with Crippen molar-refractivity contribution in [3.63, 3.8) is 0 Å². The lowest BCUT2D eigenvalue weighted by atomic mass is 9.94. The van der Waals surface area contributed by atoms with Crippen LogP contribution in [0.2, 0.25) is 0 Å². The number of hydrogen-bond donors (Lipinski definition) is 2. The quantitative estimate of drug-likeness (QED) is 0.358. The molecule has 0 saturated heterocycles. The summed E-state index contributed by atoms with van der Waals surface area (Å²) >= 11 is 1.34. The molecule has 10 nitrogen and oxygen atoms in total. The number of carbonyl (C=O) groups excluding carboxylic acids is 2. The number of anilines is 2. The first-order valence-electron chi connectivity index (χ1n) is 10.9. The molecular formula is C24H26N6O4S. The normalized spacial score (nSPS) is 14.7. The molecule has 4 rings (SSSR count). The van der Waals surface area contributed by atoms with E-state index in [1.165, 1.54) is 18.9 Å². The third-order valence-electron chi connectivity index (χ3n) is 5.54. The molecule has 0 aliphatic carbocycles. The van der Waals surface area contributed by atoms with E-state index in [9.17, 15) is 9.59 Å². The number of fused-ring (bicyclic) bond motifs is 1. The van der Waals surface area contributed by atoms with Gasteiger partial charge in [0.05, 0.1) is 38.1 Å². The molecule has 3 heterocycles. The van der Waals surface area contributed by atoms with Crippen molar-refractivity contribution in [2.75, 3.05) is 30.6 Å². The number of methoxy groups -OCH3 is 2. The van der Waals surface area contributed by atoms with E-state index in [-0.39, 0.29) is 18.3 Å². The van der Waals surface area contributed by atoms with Gasteiger partial charge in [-0.3, -0.25) is 14.6 Å². The van der Waals surface area contributed by atoms with Crippen LogP contribution in [0.4, 0.5) is 11.6 Å². The van der Waals surface area contributed by atoms with Crippen molar-refractivity contribution in [3.05, 3.63) is 65.1 Å². The van der Waals surface area contributed by atoms with Crippen LogP contribution in [0.3, 0.4) is 0 Å². The molecule has 0 bridgehead atoms. The largest absolute Gasteiger partial charge is 0.497 e. The van der Waals surface area contributed by atoms with Crippen molar-refractivity contribution in [2.45, 2.75) is 31.5 Å². The van der Waals surface area contributed by atoms with Crippen LogP contribution in [0.5, 0.6) is 5.75 Å². The number of nitrogens with zero attached hydrogens (tertiary/aromatic N) is 4. The molecule has 3 aromatic rings. The van der Waals surface area contributed by atoms with Crippen LogP contribution in [0.25, 0.3) is 0 Å². The first kappa shape index (κ1) is 24.3. The Balaban J connectivity index is 1.71. The SMILES string of the molecule is COC(=O)CCSc1nc2n(n1)C(c1cccc(OC)c1)C(C(=O)Nc1cnccc1C)=C(C)N2. The fourth-order valence-electron chi connectivity index (χ4n) is 3.72. The van der Waals surface area contributed by atoms with Crippen LogP contribution in [-0.2, 0) is 14.3 Å². The highest BCUT2D eigenvalue weighted by molar-refractivity contribution is 7.99. The number of benzene rings is 1. The number of thioether (sulfide) groups is 1. The van der Waals surface area contributed by atoms with Gasteiger partial charge in [-0.15, -0.1) is 5.10 Å². The van der Waals surface area contributed by atoms with Gasteiger partial charge in [-0.2, -0.15) is 4.98 Å². The molecule has 0 spiro atoms. The van der Waals surface area contributed by atoms with Gasteiger partial charge >= 0.3 is 5.97 Å². The number of aromatic nitrogens is 4. The molecule has 0 fully saturated rings. The zero-order valence-electron chi connectivity index (χ0n) is 19.9. The summed E-state index contributed by atoms with van der Waals surface area (Å²) in [6, 6.07) is 8.79. The van der Waals surface area contributed by atoms with E-state index in [0.29, 0.717) is 39.6 Å². The Morgan fingerprint density at radius 3 is 2.80 bits per heavy atom. The van der Waals surface area contributed by atoms with E-state index in [0.717, 1.165) is 11.1 Å². The number of rotatable bonds is 8. The molecule has 0 radical (unpaired) electrons. The minimum Gasteiger partial charge on any atom is -0.497 e. The van der Waals surface area contributed by atoms with Crippen LogP contribution < -0.4 is 15.4 Å². The fourth-order valence-corrected chi connectivity index (χ4v) is 4.47. The summed E-state index contributed by atoms with van der Waals surface area (Å²) in [5.74, 6) is 1.07. The number of nitrogens with one attached hydrogen (secondary N) is 2. The number of allylic oxidation sites excluding steroid dienone is 1. The van der Waals surface area contributed by atoms with Crippen LogP contribution in [0.15, 0.2) is 59.2 Å². The smallest absolute Gasteiger partial charge is 0.306 e. The minimum absolute atomic E-state index is 0.243. The number of aryl methyl sites for hydroxylation is 1. The Morgan fingerprint density at radius 2 is 2.06 bits per heavy atom. The number of pyridine rings is 1. The van der Waals surface area contributed by atoms with Gasteiger partial charge in [-0.1, -0.05) is 23.9 Å². The van der Waals surface area contributed by atoms with Crippen LogP contribution in [0.1, 0.15) is 30.5 Å². The van der Waals surface area contributed by atoms with Crippen LogP contribution in [-0.4, -0.2) is 51.6 Å². The number of hydrogen-bond acceptors (Lipinski definition) is 9. The van der Waals surface area contributed by atoms with Crippen molar-refractivity contribution >= 4 is 35.3 Å². The van der Waals surface area contributed by atoms with Gasteiger partial charge in [0, 0.05) is 17.6 Å². The number of amides is 1. The molecule has 1 atom stereocenters. The average molecular weight is 495 g/mol. The predicted molar refractivity (Wildman–Crippen MR) is 132 cm³/mol. The molecule has 1 amide bonds. The van der Waals surface area contributed by atoms with Gasteiger partial charge < -0.3 is 20.1 Å². The second-order valence-corrected chi connectivity index (χ2v) is 8.89. The summed E-state index contributed by atoms with van der Waals surface area (Å²) in [6.45, 7) is 3.74. The van der Waals surface area contributed by atoms with Gasteiger partial charge in [0.25, 0.3) is 5.91 Å². The lowest BCUT2D eigenvalue weighted by molar-refractivity contribution is -0.140. The second kappa shape index (κ2) is 10.6. The molecule has 2 N–H and O–H groups in total. The zero-order chi connectivity index (χ0) is 24.9. The first-order chi connectivity index (χ1) is 16.9. The fraction of sp³-hybridized carbons (Fsp3) is 0.292. The van der Waals surface area contributed by atoms with E-state index < -0.39 is 6.04 Å². The molecular weight excluding hydrogens is 468 g/mol. The predicted octanol–water partition coefficient (Wildman–Crippen LogP) is 3.57. The number of carbonyl (C=O) groups is 2. The highest BCUT2D eigenvalue weighted by Crippen LogP contribution is 2.37. The Morgan fingerprint density at radius 1 is 1.23 bits per heavy atom. The number of ether oxygens (including phenoxy) is 2. The summed E-state index contributed by atoms with van der Waals surface area (Å²) in [4.78, 5) is 33.7. The highest BCUT2D eigenvalue weighted by atomic mass is 32.2. The molecule has 1 unspecified atom stereocenters. The van der Waals surface area contributed by atoms with Gasteiger partial charge in [0.1, 0.15) is 11.8 Å². The second-order valence-electron chi connectivity index (χ2n) is 7.82. The van der Waals surface area contributed by atoms with Gasteiger partial charge in [-0.25, -0.2) is 4.68 Å². The Hall–Kier alpha value is -3.86. The van der Waals surface area contributed by atoms with Crippen molar-refractivity contribution < 1.29 is 19.1 Å². The summed E-state index contributed by atoms with van der Waals surface area (Å²) in [7, 11) is 2.95. The Bertz CT molecular complexity index is 1290. The molecule has 182 valence electrons. The molecule has 1 aliphatic rings. The standard InChI is InChI=1S/C24H26N6O4S/c1-14-8-10-25-13-18(14)27-22(32)20-15(2)26-23-28-24(35-11-9-19(31)34-4)29-30(23)21(20)16-6-5-7-17(12-16)33-3/h5-8,10,12-13,21H,9,11H2,1-4H3,(H,27,32)(H,26,28,29). The Kier molecular flexibility index (Phi) is 7.35. The third-order valence-corrected chi connectivity index (χ3v) is 6.38. The Labute approximate surface area is 207 Å². The van der Waals surface area contributed by atoms with Crippen molar-refractivity contribution in [1.29, 1.82) is 0 Å². The zero-order valence-corrected chi connectivity index (χ0v) is 20.7. The summed E-state index contributed by atoms with van der Waals surface area (Å²) < 4.78 is 11.8. The molecule has 11 heteroatoms. The lowest BCUT2D eigenvalue weighted by Gasteiger charge is -2.29. The van der Waals surface area contributed by atoms with Gasteiger partial charge in [-0.05, 0) is 43.2 Å². The molecule has 1 aromatic carbocycles. The maximum atomic E-state index is 13.6. The summed E-state index contributed by atoms with van der Waals surface area (Å²) in [5, 5.41) is 11.3. The van der Waals surface area contributed by atoms with E-state index in [1.54, 1.807) is 24.2 Å². The van der Waals surface area contributed by atoms with Crippen molar-refractivity contribution in [3.8, 4) is 5.75 Å². The number of esters is 1. The van der Waals surface area contributed by atoms with Crippen molar-refractivity contribution in [1.82, 2.24) is 19.7 Å². The lowest BCUT2D eigenvalue weighted by Crippen LogP contribution is -2.31. The van der Waals surface area contributed by atoms with E-state index in [1.807, 2.05) is 44.2 Å². The molecule has 0 saturated carbocycles. The van der Waals surface area contributed by atoms with Gasteiger partial charge in [0.2, 0.25) is 11.1 Å². The average Bonchev–Trinajstić information content (AvgIpc) is 3.26. The van der Waals surface area contributed by atoms with E-state index in [2.05, 4.69) is 25.7 Å². The molecule has 35 heavy (non-hydrogen) atoms. The topological polar surface area (TPSA) is 120 Å². The van der Waals surface area contributed by atoms with Crippen LogP contribution >= 0.6 is 11.8 Å². The van der Waals surface area contributed by atoms with Gasteiger partial charge in [0.15, 0.2) is 0 Å². The molecule has 2 aromatic heterocycles. The monoisotopic (exact) mass is 494 g/mol. The highest BCUT2D eigenvalue weighted by Gasteiger charge is 2.34. The maximum Gasteiger partial charge on any atom is 0.306 e. The van der Waals surface area contributed by atoms with E-state index >= 15 is 0 Å². The van der Waals surface area contributed by atoms with E-state index in [4.69, 9.17) is 9.47 Å². The third kappa shape index (κ3) is 5.29. The molecule has 1 aliphatic heterocycles.